The number of hydrogen-bond acceptors (Lipinski definition) is 4. The molecule has 1 aliphatic rings. The third-order valence-electron chi connectivity index (χ3n) is 4.08. The lowest BCUT2D eigenvalue weighted by Crippen LogP contribution is -2.35. The Hall–Kier alpha value is -1.40. The van der Waals surface area contributed by atoms with Gasteiger partial charge in [0.25, 0.3) is 5.91 Å². The Labute approximate surface area is 119 Å². The molecule has 20 heavy (non-hydrogen) atoms. The summed E-state index contributed by atoms with van der Waals surface area (Å²) in [7, 11) is 0. The van der Waals surface area contributed by atoms with Crippen LogP contribution in [0.1, 0.15) is 36.2 Å². The van der Waals surface area contributed by atoms with E-state index in [-0.39, 0.29) is 12.5 Å². The first-order chi connectivity index (χ1) is 9.74. The molecule has 1 heterocycles. The van der Waals surface area contributed by atoms with E-state index in [1.165, 1.54) is 12.8 Å². The van der Waals surface area contributed by atoms with E-state index >= 15 is 0 Å². The zero-order chi connectivity index (χ0) is 14.4. The highest BCUT2D eigenvalue weighted by Crippen LogP contribution is 2.29. The van der Waals surface area contributed by atoms with Crippen molar-refractivity contribution in [2.24, 2.45) is 17.6 Å². The van der Waals surface area contributed by atoms with Gasteiger partial charge in [0.2, 0.25) is 0 Å². The number of aliphatic hydroxyl groups is 1. The predicted octanol–water partition coefficient (Wildman–Crippen LogP) is 0.370. The summed E-state index contributed by atoms with van der Waals surface area (Å²) in [6.45, 7) is 2.02. The summed E-state index contributed by atoms with van der Waals surface area (Å²) in [4.78, 5) is 16.1. The lowest BCUT2D eigenvalue weighted by molar-refractivity contribution is 0.0905. The molecule has 4 N–H and O–H groups in total. The molecular formula is C14H24N4O2. The van der Waals surface area contributed by atoms with Gasteiger partial charge >= 0.3 is 0 Å². The molecule has 2 rings (SSSR count). The molecule has 0 spiro atoms. The molecule has 2 atom stereocenters. The number of nitrogens with zero attached hydrogens (tertiary/aromatic N) is 2. The molecule has 1 saturated carbocycles. The van der Waals surface area contributed by atoms with Crippen molar-refractivity contribution in [3.63, 3.8) is 0 Å². The summed E-state index contributed by atoms with van der Waals surface area (Å²) in [5.41, 5.74) is 5.89. The monoisotopic (exact) mass is 280 g/mol. The summed E-state index contributed by atoms with van der Waals surface area (Å²) in [5, 5.41) is 12.3. The summed E-state index contributed by atoms with van der Waals surface area (Å²) >= 11 is 0. The van der Waals surface area contributed by atoms with E-state index in [1.54, 1.807) is 12.5 Å². The molecule has 0 aliphatic heterocycles. The Morgan fingerprint density at radius 1 is 1.45 bits per heavy atom. The SMILES string of the molecule is NCCn1cnc(C(=O)NCC2CCCCC2CO)c1. The smallest absolute Gasteiger partial charge is 0.271 e. The molecule has 1 aliphatic carbocycles. The molecule has 0 aromatic carbocycles. The van der Waals surface area contributed by atoms with Crippen LogP contribution in [0.25, 0.3) is 0 Å². The topological polar surface area (TPSA) is 93.2 Å². The number of rotatable bonds is 6. The van der Waals surface area contributed by atoms with Crippen LogP contribution < -0.4 is 11.1 Å². The minimum atomic E-state index is -0.150. The van der Waals surface area contributed by atoms with E-state index in [2.05, 4.69) is 10.3 Å². The van der Waals surface area contributed by atoms with Gasteiger partial charge in [0.1, 0.15) is 5.69 Å². The first kappa shape index (κ1) is 15.0. The van der Waals surface area contributed by atoms with Gasteiger partial charge in [-0.2, -0.15) is 0 Å². The molecule has 0 saturated heterocycles. The van der Waals surface area contributed by atoms with Crippen LogP contribution in [0.5, 0.6) is 0 Å². The quantitative estimate of drug-likeness (QED) is 0.702. The third-order valence-corrected chi connectivity index (χ3v) is 4.08. The molecule has 112 valence electrons. The first-order valence-corrected chi connectivity index (χ1v) is 7.35. The number of carbonyl (C=O) groups is 1. The van der Waals surface area contributed by atoms with Gasteiger partial charge in [0.05, 0.1) is 6.33 Å². The van der Waals surface area contributed by atoms with E-state index in [4.69, 9.17) is 5.73 Å². The van der Waals surface area contributed by atoms with Crippen LogP contribution in [0.15, 0.2) is 12.5 Å². The Morgan fingerprint density at radius 2 is 2.20 bits per heavy atom. The molecular weight excluding hydrogens is 256 g/mol. The maximum Gasteiger partial charge on any atom is 0.271 e. The van der Waals surface area contributed by atoms with Crippen LogP contribution >= 0.6 is 0 Å². The summed E-state index contributed by atoms with van der Waals surface area (Å²) in [6, 6.07) is 0. The van der Waals surface area contributed by atoms with E-state index in [0.717, 1.165) is 12.8 Å². The molecule has 1 aromatic rings. The molecule has 2 unspecified atom stereocenters. The molecule has 1 fully saturated rings. The van der Waals surface area contributed by atoms with Crippen LogP contribution in [0.2, 0.25) is 0 Å². The average molecular weight is 280 g/mol. The van der Waals surface area contributed by atoms with Crippen molar-refractivity contribution in [3.8, 4) is 0 Å². The lowest BCUT2D eigenvalue weighted by atomic mass is 9.79. The van der Waals surface area contributed by atoms with Gasteiger partial charge < -0.3 is 20.7 Å². The number of nitrogens with two attached hydrogens (primary N) is 1. The van der Waals surface area contributed by atoms with E-state index in [0.29, 0.717) is 37.2 Å². The van der Waals surface area contributed by atoms with Gasteiger partial charge in [-0.05, 0) is 24.7 Å². The van der Waals surface area contributed by atoms with Crippen molar-refractivity contribution >= 4 is 5.91 Å². The second kappa shape index (κ2) is 7.40. The van der Waals surface area contributed by atoms with Crippen molar-refractivity contribution in [1.29, 1.82) is 0 Å². The van der Waals surface area contributed by atoms with Crippen LogP contribution in [-0.4, -0.2) is 40.3 Å². The average Bonchev–Trinajstić information content (AvgIpc) is 2.94. The second-order valence-electron chi connectivity index (χ2n) is 5.48. The van der Waals surface area contributed by atoms with Gasteiger partial charge in [-0.3, -0.25) is 4.79 Å². The summed E-state index contributed by atoms with van der Waals surface area (Å²) in [5.74, 6) is 0.547. The summed E-state index contributed by atoms with van der Waals surface area (Å²) < 4.78 is 1.81. The predicted molar refractivity (Wildman–Crippen MR) is 76.1 cm³/mol. The molecule has 1 aromatic heterocycles. The molecule has 0 radical (unpaired) electrons. The molecule has 0 bridgehead atoms. The normalized spacial score (nSPS) is 22.7. The molecule has 6 nitrogen and oxygen atoms in total. The van der Waals surface area contributed by atoms with Crippen molar-refractivity contribution in [3.05, 3.63) is 18.2 Å². The highest BCUT2D eigenvalue weighted by Gasteiger charge is 2.25. The van der Waals surface area contributed by atoms with E-state index < -0.39 is 0 Å². The maximum atomic E-state index is 12.0. The maximum absolute atomic E-state index is 12.0. The fourth-order valence-corrected chi connectivity index (χ4v) is 2.86. The third kappa shape index (κ3) is 3.80. The van der Waals surface area contributed by atoms with Gasteiger partial charge in [0, 0.05) is 32.4 Å². The molecule has 1 amide bonds. The number of aliphatic hydroxyl groups excluding tert-OH is 1. The van der Waals surface area contributed by atoms with Crippen molar-refractivity contribution in [2.45, 2.75) is 32.2 Å². The van der Waals surface area contributed by atoms with Gasteiger partial charge in [-0.15, -0.1) is 0 Å². The highest BCUT2D eigenvalue weighted by atomic mass is 16.3. The Balaban J connectivity index is 1.84. The minimum Gasteiger partial charge on any atom is -0.396 e. The standard InChI is InChI=1S/C14H24N4O2/c15-5-6-18-8-13(17-10-18)14(20)16-7-11-3-1-2-4-12(11)9-19/h8,10-12,19H,1-7,9,15H2,(H,16,20). The van der Waals surface area contributed by atoms with E-state index in [1.807, 2.05) is 4.57 Å². The Bertz CT molecular complexity index is 433. The van der Waals surface area contributed by atoms with Crippen LogP contribution in [0.3, 0.4) is 0 Å². The number of amides is 1. The van der Waals surface area contributed by atoms with Crippen LogP contribution in [0, 0.1) is 11.8 Å². The van der Waals surface area contributed by atoms with Crippen LogP contribution in [0.4, 0.5) is 0 Å². The van der Waals surface area contributed by atoms with Crippen molar-refractivity contribution < 1.29 is 9.90 Å². The second-order valence-corrected chi connectivity index (χ2v) is 5.48. The van der Waals surface area contributed by atoms with Gasteiger partial charge in [-0.1, -0.05) is 12.8 Å². The lowest BCUT2D eigenvalue weighted by Gasteiger charge is -2.30. The van der Waals surface area contributed by atoms with Gasteiger partial charge in [-0.25, -0.2) is 4.98 Å². The van der Waals surface area contributed by atoms with Crippen molar-refractivity contribution in [2.75, 3.05) is 19.7 Å². The zero-order valence-corrected chi connectivity index (χ0v) is 11.8. The Morgan fingerprint density at radius 3 is 2.90 bits per heavy atom. The number of nitrogens with one attached hydrogen (secondary N) is 1. The largest absolute Gasteiger partial charge is 0.396 e. The highest BCUT2D eigenvalue weighted by molar-refractivity contribution is 5.91. The summed E-state index contributed by atoms with van der Waals surface area (Å²) in [6.07, 6.45) is 7.84. The minimum absolute atomic E-state index is 0.150. The number of hydrogen-bond donors (Lipinski definition) is 3. The molecule has 6 heteroatoms. The number of imidazole rings is 1. The van der Waals surface area contributed by atoms with Crippen molar-refractivity contribution in [1.82, 2.24) is 14.9 Å². The van der Waals surface area contributed by atoms with Crippen LogP contribution in [-0.2, 0) is 6.54 Å². The fraction of sp³-hybridized carbons (Fsp3) is 0.714. The van der Waals surface area contributed by atoms with E-state index in [9.17, 15) is 9.90 Å². The zero-order valence-electron chi connectivity index (χ0n) is 11.8. The number of carbonyl (C=O) groups excluding carboxylic acids is 1. The Kier molecular flexibility index (Phi) is 5.55. The van der Waals surface area contributed by atoms with Gasteiger partial charge in [0.15, 0.2) is 0 Å². The first-order valence-electron chi connectivity index (χ1n) is 7.35. The fourth-order valence-electron chi connectivity index (χ4n) is 2.86. The number of aromatic nitrogens is 2.